The molecule has 182 valence electrons. The molecule has 1 amide bonds. The van der Waals surface area contributed by atoms with Gasteiger partial charge in [0.15, 0.2) is 6.61 Å². The van der Waals surface area contributed by atoms with Gasteiger partial charge in [-0.2, -0.15) is 0 Å². The highest BCUT2D eigenvalue weighted by molar-refractivity contribution is 5.77. The molecule has 0 aliphatic rings. The maximum Gasteiger partial charge on any atom is 0.257 e. The molecule has 1 heterocycles. The van der Waals surface area contributed by atoms with Gasteiger partial charge in [-0.1, -0.05) is 48.0 Å². The Balaban J connectivity index is 1.27. The van der Waals surface area contributed by atoms with Gasteiger partial charge in [0.05, 0.1) is 17.6 Å². The molecule has 6 heteroatoms. The van der Waals surface area contributed by atoms with Crippen molar-refractivity contribution in [3.63, 3.8) is 0 Å². The molecule has 0 saturated carbocycles. The predicted molar refractivity (Wildman–Crippen MR) is 139 cm³/mol. The first-order valence-electron chi connectivity index (χ1n) is 12.2. The maximum absolute atomic E-state index is 12.2. The lowest BCUT2D eigenvalue weighted by atomic mass is 10.1. The number of carbonyl (C=O) groups excluding carboxylic acids is 1. The minimum atomic E-state index is -0.139. The van der Waals surface area contributed by atoms with Crippen molar-refractivity contribution in [2.75, 3.05) is 19.8 Å². The number of fused-ring (bicyclic) bond motifs is 1. The fourth-order valence-corrected chi connectivity index (χ4v) is 4.11. The van der Waals surface area contributed by atoms with E-state index in [2.05, 4.69) is 41.9 Å². The highest BCUT2D eigenvalue weighted by Crippen LogP contribution is 2.20. The topological polar surface area (TPSA) is 65.4 Å². The van der Waals surface area contributed by atoms with E-state index in [-0.39, 0.29) is 12.5 Å². The second kappa shape index (κ2) is 12.1. The summed E-state index contributed by atoms with van der Waals surface area (Å²) in [5.74, 6) is 2.48. The Morgan fingerprint density at radius 3 is 2.57 bits per heavy atom. The number of hydrogen-bond donors (Lipinski definition) is 1. The smallest absolute Gasteiger partial charge is 0.257 e. The molecule has 0 bridgehead atoms. The van der Waals surface area contributed by atoms with Gasteiger partial charge in [0.25, 0.3) is 5.91 Å². The van der Waals surface area contributed by atoms with Crippen molar-refractivity contribution in [1.29, 1.82) is 0 Å². The van der Waals surface area contributed by atoms with Crippen LogP contribution >= 0.6 is 0 Å². The molecule has 35 heavy (non-hydrogen) atoms. The fourth-order valence-electron chi connectivity index (χ4n) is 4.11. The third-order valence-electron chi connectivity index (χ3n) is 5.88. The lowest BCUT2D eigenvalue weighted by Crippen LogP contribution is -2.31. The van der Waals surface area contributed by atoms with E-state index >= 15 is 0 Å². The molecule has 0 aliphatic heterocycles. The first-order valence-corrected chi connectivity index (χ1v) is 12.2. The number of rotatable bonds is 12. The molecule has 0 saturated heterocycles. The van der Waals surface area contributed by atoms with Crippen LogP contribution in [0.1, 0.15) is 29.8 Å². The van der Waals surface area contributed by atoms with Gasteiger partial charge < -0.3 is 19.4 Å². The Kier molecular flexibility index (Phi) is 8.39. The minimum absolute atomic E-state index is 0.000879. The Hall–Kier alpha value is -3.80. The highest BCUT2D eigenvalue weighted by atomic mass is 16.5. The van der Waals surface area contributed by atoms with Crippen molar-refractivity contribution in [2.24, 2.45) is 0 Å². The van der Waals surface area contributed by atoms with Crippen LogP contribution in [0.15, 0.2) is 72.8 Å². The molecular formula is C29H33N3O3. The van der Waals surface area contributed by atoms with Crippen molar-refractivity contribution in [3.05, 3.63) is 89.7 Å². The zero-order chi connectivity index (χ0) is 24.5. The molecule has 4 rings (SSSR count). The van der Waals surface area contributed by atoms with Crippen LogP contribution in [0.4, 0.5) is 0 Å². The molecule has 6 nitrogen and oxygen atoms in total. The number of imidazole rings is 1. The minimum Gasteiger partial charge on any atom is -0.493 e. The maximum atomic E-state index is 12.2. The number of hydrogen-bond acceptors (Lipinski definition) is 4. The molecule has 0 fully saturated rings. The summed E-state index contributed by atoms with van der Waals surface area (Å²) in [4.78, 5) is 17.0. The molecule has 1 aromatic heterocycles. The zero-order valence-electron chi connectivity index (χ0n) is 20.5. The normalized spacial score (nSPS) is 10.9. The standard InChI is InChI=1S/C29H33N3O3/c1-22-14-15-27(23(2)20-22)34-19-9-8-18-32-26-13-7-6-12-25(26)31-28(32)16-17-30-29(33)21-35-24-10-4-3-5-11-24/h3-7,10-15,20H,8-9,16-19,21H2,1-2H3,(H,30,33). The number of unbranched alkanes of at least 4 members (excludes halogenated alkanes) is 1. The van der Waals surface area contributed by atoms with Gasteiger partial charge in [-0.15, -0.1) is 0 Å². The van der Waals surface area contributed by atoms with Crippen LogP contribution in [0.25, 0.3) is 11.0 Å². The average Bonchev–Trinajstić information content (AvgIpc) is 3.21. The van der Waals surface area contributed by atoms with Crippen molar-refractivity contribution in [3.8, 4) is 11.5 Å². The third-order valence-corrected chi connectivity index (χ3v) is 5.88. The van der Waals surface area contributed by atoms with Gasteiger partial charge in [-0.25, -0.2) is 4.98 Å². The number of para-hydroxylation sites is 3. The summed E-state index contributed by atoms with van der Waals surface area (Å²) in [6.45, 7) is 6.23. The van der Waals surface area contributed by atoms with Gasteiger partial charge in [-0.3, -0.25) is 4.79 Å². The second-order valence-corrected chi connectivity index (χ2v) is 8.69. The molecule has 4 aromatic rings. The van der Waals surface area contributed by atoms with Gasteiger partial charge in [0.1, 0.15) is 17.3 Å². The number of benzene rings is 3. The van der Waals surface area contributed by atoms with Crippen molar-refractivity contribution >= 4 is 16.9 Å². The summed E-state index contributed by atoms with van der Waals surface area (Å²) in [7, 11) is 0. The van der Waals surface area contributed by atoms with Crippen molar-refractivity contribution in [2.45, 2.75) is 39.7 Å². The van der Waals surface area contributed by atoms with Crippen molar-refractivity contribution < 1.29 is 14.3 Å². The van der Waals surface area contributed by atoms with Crippen LogP contribution in [0, 0.1) is 13.8 Å². The summed E-state index contributed by atoms with van der Waals surface area (Å²) in [5, 5.41) is 2.94. The molecular weight excluding hydrogens is 438 g/mol. The van der Waals surface area contributed by atoms with E-state index in [4.69, 9.17) is 14.5 Å². The lowest BCUT2D eigenvalue weighted by Gasteiger charge is -2.12. The fraction of sp³-hybridized carbons (Fsp3) is 0.310. The van der Waals surface area contributed by atoms with Crippen LogP contribution in [0.3, 0.4) is 0 Å². The Labute approximate surface area is 206 Å². The van der Waals surface area contributed by atoms with Gasteiger partial charge in [0, 0.05) is 19.5 Å². The highest BCUT2D eigenvalue weighted by Gasteiger charge is 2.11. The Bertz CT molecular complexity index is 1250. The van der Waals surface area contributed by atoms with Crippen LogP contribution < -0.4 is 14.8 Å². The third kappa shape index (κ3) is 6.85. The van der Waals surface area contributed by atoms with Crippen LogP contribution in [0.5, 0.6) is 11.5 Å². The Morgan fingerprint density at radius 1 is 0.943 bits per heavy atom. The largest absolute Gasteiger partial charge is 0.493 e. The first kappa shape index (κ1) is 24.3. The van der Waals surface area contributed by atoms with Crippen LogP contribution in [-0.4, -0.2) is 35.2 Å². The number of nitrogens with zero attached hydrogens (tertiary/aromatic N) is 2. The number of amides is 1. The number of nitrogens with one attached hydrogen (secondary N) is 1. The summed E-state index contributed by atoms with van der Waals surface area (Å²) in [5.41, 5.74) is 4.52. The quantitative estimate of drug-likeness (QED) is 0.287. The van der Waals surface area contributed by atoms with E-state index in [1.54, 1.807) is 0 Å². The predicted octanol–water partition coefficient (Wildman–Crippen LogP) is 5.25. The number of carbonyl (C=O) groups is 1. The van der Waals surface area contributed by atoms with E-state index in [0.29, 0.717) is 25.3 Å². The molecule has 0 unspecified atom stereocenters. The Morgan fingerprint density at radius 2 is 1.74 bits per heavy atom. The van der Waals surface area contributed by atoms with E-state index in [9.17, 15) is 4.79 Å². The second-order valence-electron chi connectivity index (χ2n) is 8.69. The molecule has 0 radical (unpaired) electrons. The number of aryl methyl sites for hydroxylation is 3. The van der Waals surface area contributed by atoms with Crippen LogP contribution in [-0.2, 0) is 17.8 Å². The number of ether oxygens (including phenoxy) is 2. The average molecular weight is 472 g/mol. The number of aromatic nitrogens is 2. The van der Waals surface area contributed by atoms with Gasteiger partial charge >= 0.3 is 0 Å². The summed E-state index contributed by atoms with van der Waals surface area (Å²) in [6, 6.07) is 23.8. The molecule has 1 N–H and O–H groups in total. The van der Waals surface area contributed by atoms with E-state index < -0.39 is 0 Å². The van der Waals surface area contributed by atoms with Gasteiger partial charge in [0.2, 0.25) is 0 Å². The lowest BCUT2D eigenvalue weighted by molar-refractivity contribution is -0.123. The SMILES string of the molecule is Cc1ccc(OCCCCn2c(CCNC(=O)COc3ccccc3)nc3ccccc32)c(C)c1. The van der Waals surface area contributed by atoms with E-state index in [1.165, 1.54) is 11.1 Å². The molecule has 0 spiro atoms. The molecule has 0 aliphatic carbocycles. The molecule has 0 atom stereocenters. The summed E-state index contributed by atoms with van der Waals surface area (Å²) >= 11 is 0. The summed E-state index contributed by atoms with van der Waals surface area (Å²) < 4.78 is 13.8. The van der Waals surface area contributed by atoms with Crippen molar-refractivity contribution in [1.82, 2.24) is 14.9 Å². The first-order chi connectivity index (χ1) is 17.1. The summed E-state index contributed by atoms with van der Waals surface area (Å²) in [6.07, 6.45) is 2.59. The van der Waals surface area contributed by atoms with E-state index in [0.717, 1.165) is 42.0 Å². The van der Waals surface area contributed by atoms with E-state index in [1.807, 2.05) is 54.6 Å². The monoisotopic (exact) mass is 471 g/mol. The zero-order valence-corrected chi connectivity index (χ0v) is 20.5. The molecule has 3 aromatic carbocycles. The van der Waals surface area contributed by atoms with Crippen LogP contribution in [0.2, 0.25) is 0 Å². The van der Waals surface area contributed by atoms with Gasteiger partial charge in [-0.05, 0) is 62.6 Å².